The molecule has 2 aromatic rings. The minimum atomic E-state index is -0.394. The lowest BCUT2D eigenvalue weighted by atomic mass is 9.81. The van der Waals surface area contributed by atoms with Crippen LogP contribution in [-0.4, -0.2) is 10.1 Å². The second-order valence-corrected chi connectivity index (χ2v) is 8.90. The van der Waals surface area contributed by atoms with Crippen LogP contribution in [0.3, 0.4) is 0 Å². The van der Waals surface area contributed by atoms with Crippen molar-refractivity contribution in [2.24, 2.45) is 10.9 Å². The van der Waals surface area contributed by atoms with Crippen LogP contribution >= 0.6 is 35.0 Å². The molecule has 0 radical (unpaired) electrons. The molecule has 5 heteroatoms. The lowest BCUT2D eigenvalue weighted by Gasteiger charge is -2.37. The number of rotatable bonds is 3. The molecule has 0 saturated heterocycles. The third-order valence-corrected chi connectivity index (χ3v) is 6.46. The van der Waals surface area contributed by atoms with Crippen LogP contribution in [0.5, 0.6) is 0 Å². The van der Waals surface area contributed by atoms with Crippen LogP contribution in [0.1, 0.15) is 37.9 Å². The molecule has 2 aliphatic heterocycles. The summed E-state index contributed by atoms with van der Waals surface area (Å²) >= 11 is 14.0. The van der Waals surface area contributed by atoms with E-state index in [1.165, 1.54) is 11.3 Å². The minimum absolute atomic E-state index is 0.0830. The summed E-state index contributed by atoms with van der Waals surface area (Å²) in [7, 11) is 0. The van der Waals surface area contributed by atoms with E-state index in [4.69, 9.17) is 28.2 Å². The fourth-order valence-corrected chi connectivity index (χ4v) is 5.16. The standard InChI is InChI=1S/C21H20Cl2N2S/c1-13(2)18-12-26-20-24-21(3,15-6-10-17(23)11-7-15)19(25(18)20)14-4-8-16(22)9-5-14/h4-13,19H,1-3H3/t19-,21+/m1/s1. The molecular weight excluding hydrogens is 383 g/mol. The highest BCUT2D eigenvalue weighted by Gasteiger charge is 2.50. The Morgan fingerprint density at radius 1 is 1.00 bits per heavy atom. The van der Waals surface area contributed by atoms with Crippen LogP contribution in [0, 0.1) is 5.92 Å². The number of nitrogens with zero attached hydrogens (tertiary/aromatic N) is 2. The third kappa shape index (κ3) is 2.87. The summed E-state index contributed by atoms with van der Waals surface area (Å²) in [5, 5.41) is 4.78. The van der Waals surface area contributed by atoms with Gasteiger partial charge >= 0.3 is 0 Å². The Labute approximate surface area is 168 Å². The molecule has 0 amide bonds. The van der Waals surface area contributed by atoms with Crippen LogP contribution < -0.4 is 0 Å². The quantitative estimate of drug-likeness (QED) is 0.556. The molecule has 0 saturated carbocycles. The molecular formula is C21H20Cl2N2S. The summed E-state index contributed by atoms with van der Waals surface area (Å²) in [5.74, 6) is 0.428. The highest BCUT2D eigenvalue weighted by atomic mass is 35.5. The molecule has 2 nitrogen and oxygen atoms in total. The van der Waals surface area contributed by atoms with Gasteiger partial charge in [-0.3, -0.25) is 0 Å². The number of allylic oxidation sites excluding steroid dienone is 1. The highest BCUT2D eigenvalue weighted by molar-refractivity contribution is 8.16. The molecule has 2 atom stereocenters. The predicted molar refractivity (Wildman–Crippen MR) is 113 cm³/mol. The first kappa shape index (κ1) is 18.0. The van der Waals surface area contributed by atoms with Crippen molar-refractivity contribution in [3.8, 4) is 0 Å². The van der Waals surface area contributed by atoms with Gasteiger partial charge in [-0.1, -0.05) is 73.1 Å². The minimum Gasteiger partial charge on any atom is -0.314 e. The summed E-state index contributed by atoms with van der Waals surface area (Å²) in [4.78, 5) is 7.57. The Kier molecular flexibility index (Phi) is 4.58. The molecule has 0 fully saturated rings. The van der Waals surface area contributed by atoms with E-state index in [-0.39, 0.29) is 6.04 Å². The normalized spacial score (nSPS) is 24.7. The van der Waals surface area contributed by atoms with Crippen molar-refractivity contribution in [2.75, 3.05) is 0 Å². The molecule has 2 aromatic carbocycles. The van der Waals surface area contributed by atoms with Crippen LogP contribution in [-0.2, 0) is 5.54 Å². The molecule has 2 heterocycles. The topological polar surface area (TPSA) is 15.6 Å². The van der Waals surface area contributed by atoms with Crippen molar-refractivity contribution in [1.29, 1.82) is 0 Å². The number of amidine groups is 1. The van der Waals surface area contributed by atoms with E-state index in [1.54, 1.807) is 11.8 Å². The zero-order valence-corrected chi connectivity index (χ0v) is 17.2. The van der Waals surface area contributed by atoms with Crippen LogP contribution in [0.4, 0.5) is 0 Å². The maximum absolute atomic E-state index is 6.14. The summed E-state index contributed by atoms with van der Waals surface area (Å²) < 4.78 is 0. The van der Waals surface area contributed by atoms with Gasteiger partial charge in [-0.15, -0.1) is 0 Å². The number of halogens is 2. The monoisotopic (exact) mass is 402 g/mol. The summed E-state index contributed by atoms with van der Waals surface area (Å²) in [6.07, 6.45) is 0. The first-order valence-corrected chi connectivity index (χ1v) is 10.3. The average Bonchev–Trinajstić information content (AvgIpc) is 3.12. The third-order valence-electron chi connectivity index (χ3n) is 5.09. The van der Waals surface area contributed by atoms with E-state index < -0.39 is 5.54 Å². The van der Waals surface area contributed by atoms with Crippen LogP contribution in [0.15, 0.2) is 64.6 Å². The van der Waals surface area contributed by atoms with Gasteiger partial charge in [-0.2, -0.15) is 0 Å². The Balaban J connectivity index is 1.86. The second kappa shape index (κ2) is 6.63. The van der Waals surface area contributed by atoms with E-state index >= 15 is 0 Å². The molecule has 0 spiro atoms. The van der Waals surface area contributed by atoms with Crippen molar-refractivity contribution >= 4 is 40.1 Å². The maximum Gasteiger partial charge on any atom is 0.169 e. The first-order valence-electron chi connectivity index (χ1n) is 8.67. The molecule has 0 unspecified atom stereocenters. The van der Waals surface area contributed by atoms with Gasteiger partial charge in [0.15, 0.2) is 5.17 Å². The maximum atomic E-state index is 6.14. The number of hydrogen-bond acceptors (Lipinski definition) is 3. The van der Waals surface area contributed by atoms with E-state index in [2.05, 4.69) is 55.3 Å². The zero-order chi connectivity index (χ0) is 18.5. The average molecular weight is 403 g/mol. The molecule has 0 N–H and O–H groups in total. The smallest absolute Gasteiger partial charge is 0.169 e. The van der Waals surface area contributed by atoms with Gasteiger partial charge < -0.3 is 4.90 Å². The van der Waals surface area contributed by atoms with Gasteiger partial charge in [0.1, 0.15) is 5.54 Å². The summed E-state index contributed by atoms with van der Waals surface area (Å²) in [6.45, 7) is 6.66. The molecule has 26 heavy (non-hydrogen) atoms. The van der Waals surface area contributed by atoms with Gasteiger partial charge in [-0.25, -0.2) is 4.99 Å². The molecule has 0 aromatic heterocycles. The molecule has 0 aliphatic carbocycles. The largest absolute Gasteiger partial charge is 0.314 e. The Morgan fingerprint density at radius 3 is 2.15 bits per heavy atom. The lowest BCUT2D eigenvalue weighted by Crippen LogP contribution is -2.35. The highest BCUT2D eigenvalue weighted by Crippen LogP contribution is 2.54. The SMILES string of the molecule is CC(C)C1=CSC2=N[C@@](C)(c3ccc(Cl)cc3)[C@@H](c3ccc(Cl)cc3)N12. The van der Waals surface area contributed by atoms with E-state index in [1.807, 2.05) is 24.3 Å². The van der Waals surface area contributed by atoms with Gasteiger partial charge in [0.25, 0.3) is 0 Å². The molecule has 0 bridgehead atoms. The zero-order valence-electron chi connectivity index (χ0n) is 14.9. The first-order chi connectivity index (χ1) is 12.4. The van der Waals surface area contributed by atoms with Crippen molar-refractivity contribution < 1.29 is 0 Å². The van der Waals surface area contributed by atoms with Gasteiger partial charge in [-0.05, 0) is 53.6 Å². The van der Waals surface area contributed by atoms with E-state index in [9.17, 15) is 0 Å². The number of aliphatic imine (C=N–C) groups is 1. The van der Waals surface area contributed by atoms with Gasteiger partial charge in [0, 0.05) is 15.7 Å². The Hall–Kier alpha value is -1.42. The lowest BCUT2D eigenvalue weighted by molar-refractivity contribution is 0.274. The van der Waals surface area contributed by atoms with Crippen molar-refractivity contribution in [3.05, 3.63) is 80.8 Å². The van der Waals surface area contributed by atoms with E-state index in [0.29, 0.717) is 5.92 Å². The van der Waals surface area contributed by atoms with Crippen LogP contribution in [0.25, 0.3) is 0 Å². The number of hydrogen-bond donors (Lipinski definition) is 0. The summed E-state index contributed by atoms with van der Waals surface area (Å²) in [5.41, 5.74) is 3.29. The number of benzene rings is 2. The molecule has 134 valence electrons. The molecule has 2 aliphatic rings. The van der Waals surface area contributed by atoms with Crippen molar-refractivity contribution in [2.45, 2.75) is 32.4 Å². The summed E-state index contributed by atoms with van der Waals surface area (Å²) in [6, 6.07) is 16.3. The fraction of sp³-hybridized carbons (Fsp3) is 0.286. The second-order valence-electron chi connectivity index (χ2n) is 7.19. The van der Waals surface area contributed by atoms with Crippen LogP contribution in [0.2, 0.25) is 10.0 Å². The fourth-order valence-electron chi connectivity index (χ4n) is 3.73. The number of thioether (sulfide) groups is 1. The Morgan fingerprint density at radius 2 is 1.58 bits per heavy atom. The Bertz CT molecular complexity index is 887. The van der Waals surface area contributed by atoms with Crippen molar-refractivity contribution in [1.82, 2.24) is 4.90 Å². The molecule has 4 rings (SSSR count). The van der Waals surface area contributed by atoms with Gasteiger partial charge in [0.05, 0.1) is 6.04 Å². The van der Waals surface area contributed by atoms with Gasteiger partial charge in [0.2, 0.25) is 0 Å². The number of fused-ring (bicyclic) bond motifs is 1. The van der Waals surface area contributed by atoms with Crippen molar-refractivity contribution in [3.63, 3.8) is 0 Å². The van der Waals surface area contributed by atoms with E-state index in [0.717, 1.165) is 20.8 Å². The predicted octanol–water partition coefficient (Wildman–Crippen LogP) is 6.87.